The van der Waals surface area contributed by atoms with Gasteiger partial charge in [-0.1, -0.05) is 0 Å². The molecule has 1 fully saturated rings. The lowest BCUT2D eigenvalue weighted by molar-refractivity contribution is 0.0329. The number of hydrogen-bond acceptors (Lipinski definition) is 4. The Labute approximate surface area is 111 Å². The van der Waals surface area contributed by atoms with Gasteiger partial charge < -0.3 is 10.1 Å². The van der Waals surface area contributed by atoms with Gasteiger partial charge in [0.05, 0.1) is 6.10 Å². The van der Waals surface area contributed by atoms with Crippen LogP contribution in [0.25, 0.3) is 10.6 Å². The number of nitrogens with one attached hydrogen (secondary N) is 1. The monoisotopic (exact) mass is 260 g/mol. The fraction of sp³-hybridized carbons (Fsp3) is 0.357. The Hall–Kier alpha value is -1.39. The number of hydrogen-bond donors (Lipinski definition) is 1. The maximum Gasteiger partial charge on any atom is 0.123 e. The summed E-state index contributed by atoms with van der Waals surface area (Å²) < 4.78 is 5.28. The highest BCUT2D eigenvalue weighted by Crippen LogP contribution is 2.28. The summed E-state index contributed by atoms with van der Waals surface area (Å²) in [6.45, 7) is 0. The van der Waals surface area contributed by atoms with Crippen molar-refractivity contribution in [1.29, 1.82) is 0 Å². The van der Waals surface area contributed by atoms with Gasteiger partial charge in [0.15, 0.2) is 0 Å². The number of anilines is 1. The number of ether oxygens (including phenoxy) is 1. The molecule has 1 aliphatic rings. The highest BCUT2D eigenvalue weighted by Gasteiger charge is 2.28. The van der Waals surface area contributed by atoms with Crippen molar-refractivity contribution in [2.24, 2.45) is 0 Å². The average Bonchev–Trinajstić information content (AvgIpc) is 2.88. The molecule has 3 nitrogen and oxygen atoms in total. The van der Waals surface area contributed by atoms with Crippen LogP contribution in [0.15, 0.2) is 35.8 Å². The van der Waals surface area contributed by atoms with E-state index >= 15 is 0 Å². The van der Waals surface area contributed by atoms with Crippen LogP contribution in [0.1, 0.15) is 12.8 Å². The average molecular weight is 260 g/mol. The van der Waals surface area contributed by atoms with Crippen LogP contribution in [-0.4, -0.2) is 24.2 Å². The summed E-state index contributed by atoms with van der Waals surface area (Å²) in [5.41, 5.74) is 2.36. The Morgan fingerprint density at radius 2 is 2.06 bits per heavy atom. The van der Waals surface area contributed by atoms with E-state index in [1.54, 1.807) is 18.4 Å². The Balaban J connectivity index is 1.62. The lowest BCUT2D eigenvalue weighted by Gasteiger charge is -2.35. The molecule has 0 bridgehead atoms. The molecule has 0 unspecified atom stereocenters. The molecule has 1 aliphatic carbocycles. The quantitative estimate of drug-likeness (QED) is 0.915. The van der Waals surface area contributed by atoms with Crippen molar-refractivity contribution in [3.63, 3.8) is 0 Å². The van der Waals surface area contributed by atoms with E-state index in [0.717, 1.165) is 17.8 Å². The SMILES string of the molecule is COC1CC(Nc2ccc(-c3nccs3)cc2)C1. The van der Waals surface area contributed by atoms with Crippen LogP contribution < -0.4 is 5.32 Å². The second kappa shape index (κ2) is 5.08. The van der Waals surface area contributed by atoms with Gasteiger partial charge >= 0.3 is 0 Å². The largest absolute Gasteiger partial charge is 0.382 e. The first-order valence-electron chi connectivity index (χ1n) is 6.14. The number of methoxy groups -OCH3 is 1. The molecule has 1 aromatic carbocycles. The highest BCUT2D eigenvalue weighted by atomic mass is 32.1. The molecule has 0 spiro atoms. The van der Waals surface area contributed by atoms with Crippen LogP contribution in [0.4, 0.5) is 5.69 Å². The molecule has 0 aliphatic heterocycles. The first-order valence-corrected chi connectivity index (χ1v) is 7.02. The van der Waals surface area contributed by atoms with Crippen LogP contribution in [0.3, 0.4) is 0 Å². The third kappa shape index (κ3) is 2.40. The summed E-state index contributed by atoms with van der Waals surface area (Å²) in [7, 11) is 1.78. The predicted octanol–water partition coefficient (Wildman–Crippen LogP) is 3.40. The van der Waals surface area contributed by atoms with E-state index in [1.807, 2.05) is 11.6 Å². The fourth-order valence-electron chi connectivity index (χ4n) is 2.19. The normalized spacial score (nSPS) is 22.5. The van der Waals surface area contributed by atoms with Gasteiger partial charge in [0.1, 0.15) is 5.01 Å². The number of benzene rings is 1. The second-order valence-electron chi connectivity index (χ2n) is 4.58. The molecule has 3 rings (SSSR count). The zero-order chi connectivity index (χ0) is 12.4. The molecule has 0 radical (unpaired) electrons. The molecular formula is C14H16N2OS. The van der Waals surface area contributed by atoms with E-state index in [4.69, 9.17) is 4.74 Å². The van der Waals surface area contributed by atoms with Crippen LogP contribution in [0.5, 0.6) is 0 Å². The first kappa shape index (κ1) is 11.7. The number of rotatable bonds is 4. The van der Waals surface area contributed by atoms with Crippen LogP contribution in [-0.2, 0) is 4.74 Å². The fourth-order valence-corrected chi connectivity index (χ4v) is 2.83. The lowest BCUT2D eigenvalue weighted by Crippen LogP contribution is -2.40. The van der Waals surface area contributed by atoms with Gasteiger partial charge in [-0.15, -0.1) is 11.3 Å². The Kier molecular flexibility index (Phi) is 3.30. The molecule has 1 heterocycles. The first-order chi connectivity index (χ1) is 8.85. The number of thiazole rings is 1. The summed E-state index contributed by atoms with van der Waals surface area (Å²) in [5.74, 6) is 0. The Bertz CT molecular complexity index is 489. The van der Waals surface area contributed by atoms with Gasteiger partial charge in [0.2, 0.25) is 0 Å². The van der Waals surface area contributed by atoms with Crippen molar-refractivity contribution in [2.45, 2.75) is 25.0 Å². The minimum absolute atomic E-state index is 0.442. The summed E-state index contributed by atoms with van der Waals surface area (Å²) in [5, 5.41) is 6.59. The smallest absolute Gasteiger partial charge is 0.123 e. The molecule has 0 amide bonds. The van der Waals surface area contributed by atoms with Crippen LogP contribution in [0, 0.1) is 0 Å². The third-order valence-electron chi connectivity index (χ3n) is 3.36. The zero-order valence-electron chi connectivity index (χ0n) is 10.3. The van der Waals surface area contributed by atoms with Crippen molar-refractivity contribution in [3.8, 4) is 10.6 Å². The highest BCUT2D eigenvalue weighted by molar-refractivity contribution is 7.13. The summed E-state index contributed by atoms with van der Waals surface area (Å²) in [4.78, 5) is 4.31. The molecule has 1 aromatic heterocycles. The molecule has 0 atom stereocenters. The van der Waals surface area contributed by atoms with Gasteiger partial charge in [-0.05, 0) is 37.1 Å². The van der Waals surface area contributed by atoms with Crippen LogP contribution in [0.2, 0.25) is 0 Å². The predicted molar refractivity (Wildman–Crippen MR) is 75.0 cm³/mol. The molecule has 1 N–H and O–H groups in total. The number of aromatic nitrogens is 1. The molecule has 94 valence electrons. The van der Waals surface area contributed by atoms with Crippen molar-refractivity contribution in [3.05, 3.63) is 35.8 Å². The van der Waals surface area contributed by atoms with E-state index in [9.17, 15) is 0 Å². The van der Waals surface area contributed by atoms with E-state index in [0.29, 0.717) is 12.1 Å². The van der Waals surface area contributed by atoms with Crippen LogP contribution >= 0.6 is 11.3 Å². The van der Waals surface area contributed by atoms with Gasteiger partial charge in [-0.25, -0.2) is 4.98 Å². The van der Waals surface area contributed by atoms with Crippen molar-refractivity contribution < 1.29 is 4.74 Å². The lowest BCUT2D eigenvalue weighted by atomic mass is 9.89. The molecule has 1 saturated carbocycles. The van der Waals surface area contributed by atoms with Gasteiger partial charge in [0, 0.05) is 36.0 Å². The van der Waals surface area contributed by atoms with Gasteiger partial charge in [0.25, 0.3) is 0 Å². The van der Waals surface area contributed by atoms with E-state index < -0.39 is 0 Å². The van der Waals surface area contributed by atoms with E-state index in [1.165, 1.54) is 11.3 Å². The van der Waals surface area contributed by atoms with Crippen molar-refractivity contribution >= 4 is 17.0 Å². The third-order valence-corrected chi connectivity index (χ3v) is 4.19. The summed E-state index contributed by atoms with van der Waals surface area (Å²) in [6.07, 6.45) is 4.48. The molecular weight excluding hydrogens is 244 g/mol. The zero-order valence-corrected chi connectivity index (χ0v) is 11.1. The molecule has 4 heteroatoms. The second-order valence-corrected chi connectivity index (χ2v) is 5.48. The van der Waals surface area contributed by atoms with Crippen molar-refractivity contribution in [1.82, 2.24) is 4.98 Å². The Morgan fingerprint density at radius 3 is 2.67 bits per heavy atom. The molecule has 18 heavy (non-hydrogen) atoms. The van der Waals surface area contributed by atoms with Gasteiger partial charge in [-0.3, -0.25) is 0 Å². The van der Waals surface area contributed by atoms with Gasteiger partial charge in [-0.2, -0.15) is 0 Å². The summed E-state index contributed by atoms with van der Waals surface area (Å²) >= 11 is 1.67. The molecule has 2 aromatic rings. The standard InChI is InChI=1S/C14H16N2OS/c1-17-13-8-12(9-13)16-11-4-2-10(3-5-11)14-15-6-7-18-14/h2-7,12-13,16H,8-9H2,1H3. The van der Waals surface area contributed by atoms with E-state index in [2.05, 4.69) is 34.6 Å². The number of nitrogens with zero attached hydrogens (tertiary/aromatic N) is 1. The Morgan fingerprint density at radius 1 is 1.28 bits per heavy atom. The minimum atomic E-state index is 0.442. The maximum absolute atomic E-state index is 5.28. The minimum Gasteiger partial charge on any atom is -0.382 e. The summed E-state index contributed by atoms with van der Waals surface area (Å²) in [6, 6.07) is 9.04. The maximum atomic E-state index is 5.28. The topological polar surface area (TPSA) is 34.1 Å². The molecule has 0 saturated heterocycles. The van der Waals surface area contributed by atoms with E-state index in [-0.39, 0.29) is 0 Å². The van der Waals surface area contributed by atoms with Crippen molar-refractivity contribution in [2.75, 3.05) is 12.4 Å².